The third kappa shape index (κ3) is 2.91. The number of sulfonamides is 1. The second-order valence-electron chi connectivity index (χ2n) is 5.46. The van der Waals surface area contributed by atoms with Crippen molar-refractivity contribution in [1.82, 2.24) is 4.72 Å². The fraction of sp³-hybridized carbons (Fsp3) is 0.538. The topological polar surface area (TPSA) is 92.4 Å². The van der Waals surface area contributed by atoms with E-state index in [0.717, 1.165) is 24.0 Å². The summed E-state index contributed by atoms with van der Waals surface area (Å²) in [5.41, 5.74) is 7.64. The Balaban J connectivity index is 2.22. The summed E-state index contributed by atoms with van der Waals surface area (Å²) < 4.78 is 27.0. The van der Waals surface area contributed by atoms with Crippen LogP contribution in [0.4, 0.5) is 5.69 Å². The molecule has 1 aliphatic rings. The minimum Gasteiger partial charge on any atom is -0.398 e. The van der Waals surface area contributed by atoms with Crippen molar-refractivity contribution in [3.8, 4) is 0 Å². The van der Waals surface area contributed by atoms with E-state index in [0.29, 0.717) is 0 Å². The standard InChI is InChI=1S/C13H20N2O3S/c1-9-5-11(14)12(6-10(9)2)19(17,18)15-7-13(8-16)3-4-13/h5-6,15-16H,3-4,7-8,14H2,1-2H3. The molecule has 5 nitrogen and oxygen atoms in total. The summed E-state index contributed by atoms with van der Waals surface area (Å²) >= 11 is 0. The van der Waals surface area contributed by atoms with Gasteiger partial charge in [-0.1, -0.05) is 0 Å². The molecular weight excluding hydrogens is 264 g/mol. The number of anilines is 1. The van der Waals surface area contributed by atoms with Crippen LogP contribution >= 0.6 is 0 Å². The lowest BCUT2D eigenvalue weighted by Gasteiger charge is -2.15. The van der Waals surface area contributed by atoms with Crippen molar-refractivity contribution in [2.75, 3.05) is 18.9 Å². The maximum absolute atomic E-state index is 12.2. The van der Waals surface area contributed by atoms with Crippen molar-refractivity contribution >= 4 is 15.7 Å². The van der Waals surface area contributed by atoms with Gasteiger partial charge in [0.25, 0.3) is 0 Å². The van der Waals surface area contributed by atoms with Crippen LogP contribution in [0.5, 0.6) is 0 Å². The van der Waals surface area contributed by atoms with E-state index in [4.69, 9.17) is 5.73 Å². The molecule has 0 aromatic heterocycles. The molecule has 1 fully saturated rings. The van der Waals surface area contributed by atoms with Crippen molar-refractivity contribution in [2.45, 2.75) is 31.6 Å². The maximum atomic E-state index is 12.2. The predicted octanol–water partition coefficient (Wildman–Crippen LogP) is 0.936. The molecule has 0 aliphatic heterocycles. The van der Waals surface area contributed by atoms with Gasteiger partial charge in [-0.25, -0.2) is 13.1 Å². The van der Waals surface area contributed by atoms with Crippen LogP contribution in [0.3, 0.4) is 0 Å². The normalized spacial score (nSPS) is 17.4. The zero-order chi connectivity index (χ0) is 14.3. The molecular formula is C13H20N2O3S. The minimum absolute atomic E-state index is 0.0118. The van der Waals surface area contributed by atoms with Crippen LogP contribution in [0.2, 0.25) is 0 Å². The van der Waals surface area contributed by atoms with Crippen LogP contribution in [-0.2, 0) is 10.0 Å². The van der Waals surface area contributed by atoms with Gasteiger partial charge in [-0.15, -0.1) is 0 Å². The quantitative estimate of drug-likeness (QED) is 0.702. The SMILES string of the molecule is Cc1cc(N)c(S(=O)(=O)NCC2(CO)CC2)cc1C. The van der Waals surface area contributed by atoms with Crippen molar-refractivity contribution in [2.24, 2.45) is 5.41 Å². The molecule has 106 valence electrons. The number of hydrogen-bond donors (Lipinski definition) is 3. The molecule has 1 aliphatic carbocycles. The molecule has 1 saturated carbocycles. The van der Waals surface area contributed by atoms with E-state index in [-0.39, 0.29) is 29.1 Å². The van der Waals surface area contributed by atoms with E-state index >= 15 is 0 Å². The average molecular weight is 284 g/mol. The summed E-state index contributed by atoms with van der Waals surface area (Å²) in [6, 6.07) is 3.26. The van der Waals surface area contributed by atoms with Crippen LogP contribution in [-0.4, -0.2) is 26.7 Å². The Morgan fingerprint density at radius 3 is 2.42 bits per heavy atom. The molecule has 0 saturated heterocycles. The maximum Gasteiger partial charge on any atom is 0.242 e. The fourth-order valence-corrected chi connectivity index (χ4v) is 3.29. The number of benzene rings is 1. The molecule has 0 bridgehead atoms. The molecule has 0 atom stereocenters. The molecule has 0 radical (unpaired) electrons. The number of aliphatic hydroxyl groups excluding tert-OH is 1. The number of nitrogen functional groups attached to an aromatic ring is 1. The van der Waals surface area contributed by atoms with Crippen molar-refractivity contribution < 1.29 is 13.5 Å². The number of nitrogens with two attached hydrogens (primary N) is 1. The number of aliphatic hydroxyl groups is 1. The third-order valence-corrected chi connectivity index (χ3v) is 5.30. The van der Waals surface area contributed by atoms with Gasteiger partial charge in [0.05, 0.1) is 5.69 Å². The minimum atomic E-state index is -3.62. The number of nitrogens with one attached hydrogen (secondary N) is 1. The summed E-state index contributed by atoms with van der Waals surface area (Å²) in [6.07, 6.45) is 1.71. The summed E-state index contributed by atoms with van der Waals surface area (Å²) in [6.45, 7) is 4.01. The highest BCUT2D eigenvalue weighted by atomic mass is 32.2. The molecule has 6 heteroatoms. The van der Waals surface area contributed by atoms with Crippen LogP contribution in [0.25, 0.3) is 0 Å². The highest BCUT2D eigenvalue weighted by Crippen LogP contribution is 2.44. The van der Waals surface area contributed by atoms with Gasteiger partial charge in [0, 0.05) is 18.6 Å². The van der Waals surface area contributed by atoms with Crippen molar-refractivity contribution in [3.05, 3.63) is 23.3 Å². The zero-order valence-corrected chi connectivity index (χ0v) is 12.0. The van der Waals surface area contributed by atoms with Crippen molar-refractivity contribution in [1.29, 1.82) is 0 Å². The van der Waals surface area contributed by atoms with Crippen LogP contribution in [0.15, 0.2) is 17.0 Å². The van der Waals surface area contributed by atoms with E-state index in [1.807, 2.05) is 13.8 Å². The van der Waals surface area contributed by atoms with Crippen LogP contribution in [0.1, 0.15) is 24.0 Å². The smallest absolute Gasteiger partial charge is 0.242 e. The molecule has 19 heavy (non-hydrogen) atoms. The second-order valence-corrected chi connectivity index (χ2v) is 7.19. The van der Waals surface area contributed by atoms with E-state index in [9.17, 15) is 13.5 Å². The second kappa shape index (κ2) is 4.77. The van der Waals surface area contributed by atoms with Gasteiger partial charge in [0.15, 0.2) is 0 Å². The first kappa shape index (κ1) is 14.3. The zero-order valence-electron chi connectivity index (χ0n) is 11.2. The molecule has 1 aromatic carbocycles. The first-order valence-corrected chi connectivity index (χ1v) is 7.75. The largest absolute Gasteiger partial charge is 0.398 e. The third-order valence-electron chi connectivity index (χ3n) is 3.85. The average Bonchev–Trinajstić information content (AvgIpc) is 3.12. The predicted molar refractivity (Wildman–Crippen MR) is 74.3 cm³/mol. The van der Waals surface area contributed by atoms with Gasteiger partial charge in [-0.05, 0) is 49.9 Å². The molecule has 0 heterocycles. The van der Waals surface area contributed by atoms with Crippen molar-refractivity contribution in [3.63, 3.8) is 0 Å². The van der Waals surface area contributed by atoms with Gasteiger partial charge in [-0.2, -0.15) is 0 Å². The van der Waals surface area contributed by atoms with Gasteiger partial charge < -0.3 is 10.8 Å². The number of rotatable bonds is 5. The van der Waals surface area contributed by atoms with E-state index in [1.165, 1.54) is 0 Å². The Labute approximate surface area is 113 Å². The molecule has 1 aromatic rings. The highest BCUT2D eigenvalue weighted by molar-refractivity contribution is 7.89. The van der Waals surface area contributed by atoms with Gasteiger partial charge >= 0.3 is 0 Å². The molecule has 0 amide bonds. The Morgan fingerprint density at radius 1 is 1.32 bits per heavy atom. The van der Waals surface area contributed by atoms with Gasteiger partial charge in [-0.3, -0.25) is 0 Å². The lowest BCUT2D eigenvalue weighted by molar-refractivity contribution is 0.213. The Kier molecular flexibility index (Phi) is 3.59. The summed E-state index contributed by atoms with van der Waals surface area (Å²) in [4.78, 5) is 0.115. The van der Waals surface area contributed by atoms with Gasteiger partial charge in [0.2, 0.25) is 10.0 Å². The Morgan fingerprint density at radius 2 is 1.89 bits per heavy atom. The fourth-order valence-electron chi connectivity index (χ4n) is 1.94. The molecule has 0 unspecified atom stereocenters. The lowest BCUT2D eigenvalue weighted by atomic mass is 10.1. The molecule has 4 N–H and O–H groups in total. The van der Waals surface area contributed by atoms with E-state index < -0.39 is 10.0 Å². The Bertz CT molecular complexity index is 592. The Hall–Kier alpha value is -1.11. The van der Waals surface area contributed by atoms with Gasteiger partial charge in [0.1, 0.15) is 4.90 Å². The summed E-state index contributed by atoms with van der Waals surface area (Å²) in [7, 11) is -3.62. The lowest BCUT2D eigenvalue weighted by Crippen LogP contribution is -2.32. The summed E-state index contributed by atoms with van der Waals surface area (Å²) in [5, 5.41) is 9.20. The summed E-state index contributed by atoms with van der Waals surface area (Å²) in [5.74, 6) is 0. The number of hydrogen-bond acceptors (Lipinski definition) is 4. The molecule has 0 spiro atoms. The van der Waals surface area contributed by atoms with Crippen LogP contribution in [0, 0.1) is 19.3 Å². The van der Waals surface area contributed by atoms with E-state index in [2.05, 4.69) is 4.72 Å². The van der Waals surface area contributed by atoms with Crippen LogP contribution < -0.4 is 10.5 Å². The highest BCUT2D eigenvalue weighted by Gasteiger charge is 2.42. The first-order valence-electron chi connectivity index (χ1n) is 6.27. The first-order chi connectivity index (χ1) is 8.80. The monoisotopic (exact) mass is 284 g/mol. The number of aryl methyl sites for hydroxylation is 2. The van der Waals surface area contributed by atoms with E-state index in [1.54, 1.807) is 12.1 Å². The molecule has 2 rings (SSSR count).